The van der Waals surface area contributed by atoms with Gasteiger partial charge in [-0.3, -0.25) is 14.2 Å². The normalized spacial score (nSPS) is 15.9. The number of fused-ring (bicyclic) bond motifs is 1. The van der Waals surface area contributed by atoms with Crippen molar-refractivity contribution in [3.63, 3.8) is 0 Å². The molecule has 2 atom stereocenters. The fraction of sp³-hybridized carbons (Fsp3) is 0.333. The Morgan fingerprint density at radius 1 is 1.35 bits per heavy atom. The van der Waals surface area contributed by atoms with Crippen molar-refractivity contribution in [1.82, 2.24) is 14.9 Å². The summed E-state index contributed by atoms with van der Waals surface area (Å²) in [5, 5.41) is 15.8. The highest BCUT2D eigenvalue weighted by molar-refractivity contribution is 7.90. The average molecular weight is 482 g/mol. The van der Waals surface area contributed by atoms with Crippen LogP contribution in [0.15, 0.2) is 40.3 Å². The first-order valence-electron chi connectivity index (χ1n) is 10.7. The second-order valence-electron chi connectivity index (χ2n) is 8.67. The van der Waals surface area contributed by atoms with E-state index in [1.165, 1.54) is 30.0 Å². The monoisotopic (exact) mass is 481 g/mol. The molecular weight excluding hydrogens is 457 g/mol. The van der Waals surface area contributed by atoms with Crippen LogP contribution in [0.3, 0.4) is 0 Å². The first-order chi connectivity index (χ1) is 16.0. The van der Waals surface area contributed by atoms with E-state index >= 15 is 0 Å². The van der Waals surface area contributed by atoms with Crippen LogP contribution in [0.2, 0.25) is 0 Å². The number of amides is 1. The number of carbonyl (C=O) groups is 1. The maximum absolute atomic E-state index is 14.0. The first-order valence-corrected chi connectivity index (χ1v) is 12.3. The minimum atomic E-state index is -1.48. The number of anilines is 1. The third-order valence-electron chi connectivity index (χ3n) is 5.95. The van der Waals surface area contributed by atoms with Crippen LogP contribution in [0.5, 0.6) is 0 Å². The Morgan fingerprint density at radius 2 is 2.06 bits per heavy atom. The quantitative estimate of drug-likeness (QED) is 0.412. The van der Waals surface area contributed by atoms with Crippen molar-refractivity contribution in [2.75, 3.05) is 11.6 Å². The highest BCUT2D eigenvalue weighted by Crippen LogP contribution is 2.35. The van der Waals surface area contributed by atoms with Crippen molar-refractivity contribution >= 4 is 33.7 Å². The molecule has 1 saturated carbocycles. The van der Waals surface area contributed by atoms with E-state index in [0.29, 0.717) is 35.0 Å². The number of benzene rings is 2. The number of halogens is 1. The van der Waals surface area contributed by atoms with Crippen LogP contribution >= 0.6 is 0 Å². The SMILES string of the molecule is Cc1cc([C@@H](C)Nc2ccc(F)cc2C(=O)NC2(C#N)CC2)c2nc([S+](C)[O-])n(C)c(=O)c2c1. The number of rotatable bonds is 6. The minimum Gasteiger partial charge on any atom is -0.609 e. The van der Waals surface area contributed by atoms with E-state index in [0.717, 1.165) is 11.6 Å². The van der Waals surface area contributed by atoms with E-state index in [1.807, 2.05) is 19.9 Å². The maximum atomic E-state index is 14.0. The van der Waals surface area contributed by atoms with Gasteiger partial charge < -0.3 is 15.2 Å². The molecule has 1 heterocycles. The molecule has 1 aromatic heterocycles. The van der Waals surface area contributed by atoms with Crippen LogP contribution in [-0.2, 0) is 18.2 Å². The molecular formula is C24H24FN5O3S. The van der Waals surface area contributed by atoms with Crippen LogP contribution in [0.1, 0.15) is 47.3 Å². The minimum absolute atomic E-state index is 0.0737. The van der Waals surface area contributed by atoms with Crippen molar-refractivity contribution < 1.29 is 13.7 Å². The molecule has 8 nitrogen and oxygen atoms in total. The molecule has 10 heteroatoms. The van der Waals surface area contributed by atoms with Crippen LogP contribution in [0.25, 0.3) is 10.9 Å². The number of aromatic nitrogens is 2. The van der Waals surface area contributed by atoms with Crippen molar-refractivity contribution in [2.45, 2.75) is 43.4 Å². The van der Waals surface area contributed by atoms with Gasteiger partial charge in [-0.25, -0.2) is 4.39 Å². The molecule has 0 aliphatic heterocycles. The lowest BCUT2D eigenvalue weighted by Gasteiger charge is -2.21. The number of nitrogens with one attached hydrogen (secondary N) is 2. The molecule has 1 amide bonds. The Bertz CT molecular complexity index is 1410. The largest absolute Gasteiger partial charge is 0.609 e. The fourth-order valence-corrected chi connectivity index (χ4v) is 4.62. The Hall–Kier alpha value is -3.42. The average Bonchev–Trinajstić information content (AvgIpc) is 3.56. The number of carbonyl (C=O) groups excluding carboxylic acids is 1. The Kier molecular flexibility index (Phi) is 6.10. The predicted molar refractivity (Wildman–Crippen MR) is 128 cm³/mol. The molecule has 1 aliphatic carbocycles. The van der Waals surface area contributed by atoms with Crippen LogP contribution in [0.4, 0.5) is 10.1 Å². The fourth-order valence-electron chi connectivity index (χ4n) is 3.94. The lowest BCUT2D eigenvalue weighted by atomic mass is 10.0. The van der Waals surface area contributed by atoms with Gasteiger partial charge >= 0.3 is 5.16 Å². The number of hydrogen-bond acceptors (Lipinski definition) is 6. The summed E-state index contributed by atoms with van der Waals surface area (Å²) in [6.07, 6.45) is 2.57. The van der Waals surface area contributed by atoms with E-state index in [1.54, 1.807) is 6.07 Å². The molecule has 0 spiro atoms. The summed E-state index contributed by atoms with van der Waals surface area (Å²) in [7, 11) is 1.53. The van der Waals surface area contributed by atoms with Gasteiger partial charge in [-0.15, -0.1) is 0 Å². The van der Waals surface area contributed by atoms with Crippen LogP contribution in [0, 0.1) is 24.1 Å². The van der Waals surface area contributed by atoms with Gasteiger partial charge in [-0.2, -0.15) is 10.2 Å². The number of aryl methyl sites for hydroxylation is 1. The topological polar surface area (TPSA) is 123 Å². The van der Waals surface area contributed by atoms with E-state index in [-0.39, 0.29) is 16.3 Å². The highest BCUT2D eigenvalue weighted by atomic mass is 32.2. The van der Waals surface area contributed by atoms with Crippen molar-refractivity contribution in [2.24, 2.45) is 7.05 Å². The zero-order valence-corrected chi connectivity index (χ0v) is 20.0. The second kappa shape index (κ2) is 8.74. The number of hydrogen-bond donors (Lipinski definition) is 2. The van der Waals surface area contributed by atoms with Crippen molar-refractivity contribution in [3.8, 4) is 6.07 Å². The lowest BCUT2D eigenvalue weighted by molar-refractivity contribution is 0.0942. The lowest BCUT2D eigenvalue weighted by Crippen LogP contribution is -2.36. The standard InChI is InChI=1S/C24H24FN5O3S/c1-13-9-16(20-18(10-13)22(32)30(3)23(28-20)34(4)33)14(2)27-19-6-5-15(25)11-17(19)21(31)29-24(12-26)7-8-24/h5-6,9-11,14,27H,7-8H2,1-4H3,(H,29,31)/t14-,34?/m1/s1. The Balaban J connectivity index is 1.76. The Morgan fingerprint density at radius 3 is 2.68 bits per heavy atom. The van der Waals surface area contributed by atoms with E-state index in [9.17, 15) is 23.8 Å². The first kappa shape index (κ1) is 23.7. The molecule has 1 aliphatic rings. The van der Waals surface area contributed by atoms with Crippen molar-refractivity contribution in [1.29, 1.82) is 5.26 Å². The number of nitrogens with zero attached hydrogens (tertiary/aromatic N) is 3. The molecule has 34 heavy (non-hydrogen) atoms. The molecule has 1 unspecified atom stereocenters. The second-order valence-corrected chi connectivity index (χ2v) is 9.94. The molecule has 176 valence electrons. The third kappa shape index (κ3) is 4.36. The van der Waals surface area contributed by atoms with Gasteiger partial charge in [0.05, 0.1) is 28.6 Å². The highest BCUT2D eigenvalue weighted by Gasteiger charge is 2.45. The molecule has 0 bridgehead atoms. The zero-order valence-electron chi connectivity index (χ0n) is 19.2. The van der Waals surface area contributed by atoms with Gasteiger partial charge in [0.2, 0.25) is 0 Å². The van der Waals surface area contributed by atoms with E-state index < -0.39 is 34.5 Å². The summed E-state index contributed by atoms with van der Waals surface area (Å²) in [4.78, 5) is 30.3. The summed E-state index contributed by atoms with van der Waals surface area (Å²) in [5.74, 6) is -1.12. The van der Waals surface area contributed by atoms with Crippen molar-refractivity contribution in [3.05, 3.63) is 63.2 Å². The van der Waals surface area contributed by atoms with Gasteiger partial charge in [0.1, 0.15) is 17.6 Å². The summed E-state index contributed by atoms with van der Waals surface area (Å²) < 4.78 is 27.5. The summed E-state index contributed by atoms with van der Waals surface area (Å²) >= 11 is -1.48. The summed E-state index contributed by atoms with van der Waals surface area (Å²) in [6.45, 7) is 3.69. The third-order valence-corrected chi connectivity index (χ3v) is 6.83. The van der Waals surface area contributed by atoms with Crippen LogP contribution < -0.4 is 16.2 Å². The summed E-state index contributed by atoms with van der Waals surface area (Å²) in [6, 6.07) is 9.08. The van der Waals surface area contributed by atoms with Gasteiger partial charge in [-0.1, -0.05) is 6.07 Å². The van der Waals surface area contributed by atoms with Gasteiger partial charge in [0, 0.05) is 29.5 Å². The van der Waals surface area contributed by atoms with Gasteiger partial charge in [-0.05, 0) is 56.5 Å². The molecule has 0 saturated heterocycles. The van der Waals surface area contributed by atoms with Gasteiger partial charge in [0.15, 0.2) is 0 Å². The molecule has 0 radical (unpaired) electrons. The molecule has 1 fully saturated rings. The van der Waals surface area contributed by atoms with Gasteiger partial charge in [0.25, 0.3) is 11.5 Å². The van der Waals surface area contributed by atoms with Crippen LogP contribution in [-0.4, -0.2) is 31.8 Å². The molecule has 2 aromatic carbocycles. The van der Waals surface area contributed by atoms with E-state index in [2.05, 4.69) is 21.7 Å². The summed E-state index contributed by atoms with van der Waals surface area (Å²) in [5.41, 5.74) is 1.17. The maximum Gasteiger partial charge on any atom is 0.326 e. The number of nitriles is 1. The molecule has 2 N–H and O–H groups in total. The zero-order chi connectivity index (χ0) is 24.8. The predicted octanol–water partition coefficient (Wildman–Crippen LogP) is 3.08. The Labute approximate surface area is 199 Å². The van der Waals surface area contributed by atoms with E-state index in [4.69, 9.17) is 0 Å². The smallest absolute Gasteiger partial charge is 0.326 e. The molecule has 3 aromatic rings. The molecule has 4 rings (SSSR count).